The van der Waals surface area contributed by atoms with Gasteiger partial charge in [0.1, 0.15) is 0 Å². The molecule has 9 heavy (non-hydrogen) atoms. The van der Waals surface area contributed by atoms with Gasteiger partial charge in [0.15, 0.2) is 0 Å². The van der Waals surface area contributed by atoms with Crippen molar-refractivity contribution < 1.29 is 0 Å². The molecular weight excluding hydrogens is 128 g/mol. The van der Waals surface area contributed by atoms with E-state index >= 15 is 0 Å². The molecule has 0 aromatic carbocycles. The number of rotatable bonds is 1. The Hall–Kier alpha value is 0.350. The Morgan fingerprint density at radius 2 is 2.00 bits per heavy atom. The average Bonchev–Trinajstić information content (AvgIpc) is 2.76. The standard InChI is InChI=1S/C8H12S/c1-9-8-5-3-2-4-6(8)7(5)8/h5-7H,2-4H2,1H3/t5-,6+,7?,8?. The lowest BCUT2D eigenvalue weighted by molar-refractivity contribution is 0.350. The predicted octanol–water partition coefficient (Wildman–Crippen LogP) is 2.15. The van der Waals surface area contributed by atoms with E-state index in [2.05, 4.69) is 18.0 Å². The first kappa shape index (κ1) is 5.06. The van der Waals surface area contributed by atoms with Gasteiger partial charge in [-0.2, -0.15) is 11.8 Å². The van der Waals surface area contributed by atoms with E-state index in [-0.39, 0.29) is 0 Å². The van der Waals surface area contributed by atoms with Crippen molar-refractivity contribution in [2.75, 3.05) is 6.26 Å². The van der Waals surface area contributed by atoms with Gasteiger partial charge in [-0.15, -0.1) is 0 Å². The van der Waals surface area contributed by atoms with Crippen LogP contribution in [0.3, 0.4) is 0 Å². The first-order valence-corrected chi connectivity index (χ1v) is 5.19. The van der Waals surface area contributed by atoms with Crippen molar-refractivity contribution in [3.8, 4) is 0 Å². The molecule has 0 aliphatic heterocycles. The van der Waals surface area contributed by atoms with Gasteiger partial charge in [0.2, 0.25) is 0 Å². The minimum Gasteiger partial charge on any atom is -0.158 e. The Balaban J connectivity index is 1.88. The third-order valence-corrected chi connectivity index (χ3v) is 5.30. The van der Waals surface area contributed by atoms with Crippen molar-refractivity contribution in [1.29, 1.82) is 0 Å². The molecule has 0 heterocycles. The molecule has 3 aliphatic carbocycles. The Morgan fingerprint density at radius 1 is 1.33 bits per heavy atom. The fourth-order valence-corrected chi connectivity index (χ4v) is 4.81. The predicted molar refractivity (Wildman–Crippen MR) is 40.6 cm³/mol. The van der Waals surface area contributed by atoms with E-state index in [4.69, 9.17) is 0 Å². The molecule has 3 rings (SSSR count). The summed E-state index contributed by atoms with van der Waals surface area (Å²) in [6.07, 6.45) is 6.95. The lowest BCUT2D eigenvalue weighted by Gasteiger charge is -2.23. The van der Waals surface area contributed by atoms with Crippen LogP contribution in [0.5, 0.6) is 0 Å². The number of fused-ring (bicyclic) bond motifs is 2. The third kappa shape index (κ3) is 0.343. The van der Waals surface area contributed by atoms with Crippen LogP contribution in [-0.4, -0.2) is 11.0 Å². The molecule has 2 unspecified atom stereocenters. The average molecular weight is 140 g/mol. The molecule has 1 heteroatoms. The van der Waals surface area contributed by atoms with E-state index in [0.717, 1.165) is 4.75 Å². The quantitative estimate of drug-likeness (QED) is 0.538. The second kappa shape index (κ2) is 1.20. The number of thioether (sulfide) groups is 1. The molecule has 0 saturated heterocycles. The van der Waals surface area contributed by atoms with E-state index < -0.39 is 0 Å². The van der Waals surface area contributed by atoms with Gasteiger partial charge < -0.3 is 0 Å². The fourth-order valence-electron chi connectivity index (χ4n) is 3.21. The van der Waals surface area contributed by atoms with Crippen LogP contribution in [0.25, 0.3) is 0 Å². The van der Waals surface area contributed by atoms with E-state index in [1.54, 1.807) is 12.8 Å². The van der Waals surface area contributed by atoms with Crippen molar-refractivity contribution in [1.82, 2.24) is 0 Å². The monoisotopic (exact) mass is 140 g/mol. The summed E-state index contributed by atoms with van der Waals surface area (Å²) in [6.45, 7) is 0. The highest BCUT2D eigenvalue weighted by molar-refractivity contribution is 8.00. The van der Waals surface area contributed by atoms with Gasteiger partial charge >= 0.3 is 0 Å². The molecular formula is C8H12S. The van der Waals surface area contributed by atoms with E-state index in [0.29, 0.717) is 0 Å². The van der Waals surface area contributed by atoms with Crippen LogP contribution in [0.15, 0.2) is 0 Å². The molecule has 0 aromatic heterocycles. The van der Waals surface area contributed by atoms with E-state index in [1.165, 1.54) is 24.2 Å². The van der Waals surface area contributed by atoms with Gasteiger partial charge in [0.25, 0.3) is 0 Å². The number of hydrogen-bond donors (Lipinski definition) is 0. The lowest BCUT2D eigenvalue weighted by atomic mass is 9.88. The zero-order valence-electron chi connectivity index (χ0n) is 5.76. The largest absolute Gasteiger partial charge is 0.158 e. The smallest absolute Gasteiger partial charge is 0.0254 e. The Morgan fingerprint density at radius 3 is 2.33 bits per heavy atom. The summed E-state index contributed by atoms with van der Waals surface area (Å²) in [5, 5.41) is 0. The van der Waals surface area contributed by atoms with Crippen LogP contribution in [0.1, 0.15) is 19.3 Å². The zero-order valence-corrected chi connectivity index (χ0v) is 6.58. The van der Waals surface area contributed by atoms with Crippen molar-refractivity contribution in [3.63, 3.8) is 0 Å². The van der Waals surface area contributed by atoms with Crippen LogP contribution >= 0.6 is 11.8 Å². The van der Waals surface area contributed by atoms with Crippen molar-refractivity contribution in [3.05, 3.63) is 0 Å². The van der Waals surface area contributed by atoms with Crippen LogP contribution < -0.4 is 0 Å². The molecule has 3 fully saturated rings. The highest BCUT2D eigenvalue weighted by Crippen LogP contribution is 2.87. The molecule has 0 nitrogen and oxygen atoms in total. The Labute approximate surface area is 60.4 Å². The molecule has 50 valence electrons. The summed E-state index contributed by atoms with van der Waals surface area (Å²) in [5.74, 6) is 3.58. The maximum atomic E-state index is 2.30. The fraction of sp³-hybridized carbons (Fsp3) is 1.00. The summed E-state index contributed by atoms with van der Waals surface area (Å²) in [5.41, 5.74) is 0. The van der Waals surface area contributed by atoms with Crippen molar-refractivity contribution in [2.45, 2.75) is 24.0 Å². The second-order valence-electron chi connectivity index (χ2n) is 3.73. The molecule has 0 amide bonds. The van der Waals surface area contributed by atoms with E-state index in [1.807, 2.05) is 0 Å². The van der Waals surface area contributed by atoms with Crippen LogP contribution in [-0.2, 0) is 0 Å². The van der Waals surface area contributed by atoms with Crippen molar-refractivity contribution in [2.24, 2.45) is 17.8 Å². The first-order valence-electron chi connectivity index (χ1n) is 3.96. The van der Waals surface area contributed by atoms with Gasteiger partial charge in [0, 0.05) is 4.75 Å². The Kier molecular flexibility index (Phi) is 0.677. The highest BCUT2D eigenvalue weighted by atomic mass is 32.2. The zero-order chi connectivity index (χ0) is 6.06. The molecule has 0 N–H and O–H groups in total. The van der Waals surface area contributed by atoms with Gasteiger partial charge in [-0.3, -0.25) is 0 Å². The molecule has 0 spiro atoms. The number of hydrogen-bond acceptors (Lipinski definition) is 1. The van der Waals surface area contributed by atoms with Gasteiger partial charge in [0.05, 0.1) is 0 Å². The second-order valence-corrected chi connectivity index (χ2v) is 4.84. The summed E-state index contributed by atoms with van der Waals surface area (Å²) >= 11 is 2.16. The third-order valence-electron chi connectivity index (χ3n) is 3.71. The molecule has 4 atom stereocenters. The highest BCUT2D eigenvalue weighted by Gasteiger charge is 2.86. The van der Waals surface area contributed by atoms with Crippen LogP contribution in [0.4, 0.5) is 0 Å². The minimum atomic E-state index is 0.887. The normalized spacial score (nSPS) is 67.0. The maximum absolute atomic E-state index is 2.30. The lowest BCUT2D eigenvalue weighted by Crippen LogP contribution is -2.16. The molecule has 0 bridgehead atoms. The van der Waals surface area contributed by atoms with Crippen LogP contribution in [0.2, 0.25) is 0 Å². The summed E-state index contributed by atoms with van der Waals surface area (Å²) in [6, 6.07) is 0. The van der Waals surface area contributed by atoms with Crippen molar-refractivity contribution >= 4 is 11.8 Å². The topological polar surface area (TPSA) is 0 Å². The summed E-state index contributed by atoms with van der Waals surface area (Å²) in [7, 11) is 0. The molecule has 3 aliphatic rings. The molecule has 0 aromatic rings. The molecule has 0 radical (unpaired) electrons. The SMILES string of the molecule is CSC12C3[C@H]1CCC[C@@H]32. The summed E-state index contributed by atoms with van der Waals surface area (Å²) < 4.78 is 0.887. The van der Waals surface area contributed by atoms with E-state index in [9.17, 15) is 0 Å². The van der Waals surface area contributed by atoms with Gasteiger partial charge in [-0.25, -0.2) is 0 Å². The first-order chi connectivity index (χ1) is 4.41. The van der Waals surface area contributed by atoms with Gasteiger partial charge in [-0.1, -0.05) is 6.42 Å². The summed E-state index contributed by atoms with van der Waals surface area (Å²) in [4.78, 5) is 0. The van der Waals surface area contributed by atoms with Crippen LogP contribution in [0, 0.1) is 17.8 Å². The molecule has 3 saturated carbocycles. The maximum Gasteiger partial charge on any atom is 0.0254 e. The minimum absolute atomic E-state index is 0.887. The van der Waals surface area contributed by atoms with Gasteiger partial charge in [-0.05, 0) is 36.9 Å². The Bertz CT molecular complexity index is 142.